The molecule has 0 aliphatic rings. The first kappa shape index (κ1) is 13.5. The number of pyridine rings is 1. The van der Waals surface area contributed by atoms with Gasteiger partial charge in [0.05, 0.1) is 11.8 Å². The van der Waals surface area contributed by atoms with Crippen LogP contribution >= 0.6 is 11.6 Å². The van der Waals surface area contributed by atoms with Crippen LogP contribution in [0.25, 0.3) is 11.1 Å². The molecule has 100 valence electrons. The Morgan fingerprint density at radius 1 is 0.895 bits per heavy atom. The van der Waals surface area contributed by atoms with Crippen molar-refractivity contribution < 1.29 is 27.1 Å². The molecule has 1 N–H and O–H groups in total. The van der Waals surface area contributed by atoms with Crippen LogP contribution in [0.5, 0.6) is 5.75 Å². The molecule has 1 aromatic carbocycles. The number of rotatable bonds is 1. The van der Waals surface area contributed by atoms with Crippen molar-refractivity contribution in [3.05, 3.63) is 46.5 Å². The lowest BCUT2D eigenvalue weighted by atomic mass is 10.1. The van der Waals surface area contributed by atoms with E-state index in [1.54, 1.807) is 0 Å². The molecule has 1 aromatic heterocycles. The zero-order valence-corrected chi connectivity index (χ0v) is 9.57. The van der Waals surface area contributed by atoms with Gasteiger partial charge >= 0.3 is 0 Å². The quantitative estimate of drug-likeness (QED) is 0.376. The number of aromatic nitrogens is 1. The number of benzene rings is 1. The molecule has 0 aliphatic carbocycles. The minimum absolute atomic E-state index is 0.513. The van der Waals surface area contributed by atoms with Crippen LogP contribution in [0.15, 0.2) is 12.3 Å². The molecule has 2 nitrogen and oxygen atoms in total. The zero-order valence-electron chi connectivity index (χ0n) is 8.82. The van der Waals surface area contributed by atoms with E-state index in [2.05, 4.69) is 4.98 Å². The minimum atomic E-state index is -2.28. The standard InChI is InChI=1S/C11H3ClF5NO/c12-11-4(1-3(19)2-18-11)5-6(13)8(15)10(17)9(16)7(5)14/h1-2,19H. The average Bonchev–Trinajstić information content (AvgIpc) is 2.38. The molecular weight excluding hydrogens is 293 g/mol. The fourth-order valence-electron chi connectivity index (χ4n) is 1.45. The molecule has 0 unspecified atom stereocenters. The van der Waals surface area contributed by atoms with Crippen molar-refractivity contribution in [3.63, 3.8) is 0 Å². The smallest absolute Gasteiger partial charge is 0.200 e. The van der Waals surface area contributed by atoms with E-state index < -0.39 is 51.1 Å². The lowest BCUT2D eigenvalue weighted by molar-refractivity contribution is 0.381. The van der Waals surface area contributed by atoms with Crippen LogP contribution in [0.1, 0.15) is 0 Å². The Morgan fingerprint density at radius 3 is 1.89 bits per heavy atom. The van der Waals surface area contributed by atoms with Crippen molar-refractivity contribution in [3.8, 4) is 16.9 Å². The summed E-state index contributed by atoms with van der Waals surface area (Å²) >= 11 is 5.52. The van der Waals surface area contributed by atoms with Crippen molar-refractivity contribution >= 4 is 11.6 Å². The summed E-state index contributed by atoms with van der Waals surface area (Å²) in [4.78, 5) is 3.36. The lowest BCUT2D eigenvalue weighted by Gasteiger charge is -2.09. The molecule has 1 heterocycles. The number of halogens is 6. The van der Waals surface area contributed by atoms with Gasteiger partial charge in [0.1, 0.15) is 10.9 Å². The van der Waals surface area contributed by atoms with Gasteiger partial charge in [-0.2, -0.15) is 0 Å². The maximum atomic E-state index is 13.5. The molecule has 2 aromatic rings. The Balaban J connectivity index is 2.87. The van der Waals surface area contributed by atoms with Gasteiger partial charge in [-0.05, 0) is 6.07 Å². The minimum Gasteiger partial charge on any atom is -0.506 e. The van der Waals surface area contributed by atoms with E-state index in [9.17, 15) is 22.0 Å². The Labute approximate surface area is 108 Å². The summed E-state index contributed by atoms with van der Waals surface area (Å²) < 4.78 is 66.0. The molecule has 0 spiro atoms. The third kappa shape index (κ3) is 2.10. The van der Waals surface area contributed by atoms with Crippen molar-refractivity contribution in [2.24, 2.45) is 0 Å². The molecule has 8 heteroatoms. The van der Waals surface area contributed by atoms with Gasteiger partial charge in [-0.3, -0.25) is 0 Å². The van der Waals surface area contributed by atoms with Crippen LogP contribution in [0, 0.1) is 29.1 Å². The monoisotopic (exact) mass is 295 g/mol. The Morgan fingerprint density at radius 2 is 1.37 bits per heavy atom. The van der Waals surface area contributed by atoms with Crippen molar-refractivity contribution in [1.29, 1.82) is 0 Å². The highest BCUT2D eigenvalue weighted by molar-refractivity contribution is 6.32. The molecule has 0 bridgehead atoms. The van der Waals surface area contributed by atoms with Gasteiger partial charge in [0, 0.05) is 5.56 Å². The topological polar surface area (TPSA) is 33.1 Å². The second-order valence-corrected chi connectivity index (χ2v) is 3.83. The van der Waals surface area contributed by atoms with Crippen LogP contribution in [-0.4, -0.2) is 10.1 Å². The molecule has 0 saturated heterocycles. The summed E-state index contributed by atoms with van der Waals surface area (Å²) in [5, 5.41) is 8.63. The number of hydrogen-bond acceptors (Lipinski definition) is 2. The molecule has 0 saturated carbocycles. The summed E-state index contributed by atoms with van der Waals surface area (Å²) in [5.41, 5.74) is -1.85. The summed E-state index contributed by atoms with van der Waals surface area (Å²) in [5.74, 6) is -11.1. The van der Waals surface area contributed by atoms with E-state index in [0.717, 1.165) is 12.3 Å². The number of nitrogens with zero attached hydrogens (tertiary/aromatic N) is 1. The first-order valence-corrected chi connectivity index (χ1v) is 5.08. The molecule has 2 rings (SSSR count). The van der Waals surface area contributed by atoms with Crippen LogP contribution < -0.4 is 0 Å². The van der Waals surface area contributed by atoms with Crippen LogP contribution in [-0.2, 0) is 0 Å². The second kappa shape index (κ2) is 4.65. The van der Waals surface area contributed by atoms with Crippen LogP contribution in [0.4, 0.5) is 22.0 Å². The highest BCUT2D eigenvalue weighted by Crippen LogP contribution is 2.36. The first-order chi connectivity index (χ1) is 8.84. The molecular formula is C11H3ClF5NO. The third-order valence-corrected chi connectivity index (χ3v) is 2.60. The van der Waals surface area contributed by atoms with E-state index in [0.29, 0.717) is 0 Å². The summed E-state index contributed by atoms with van der Waals surface area (Å²) in [7, 11) is 0. The summed E-state index contributed by atoms with van der Waals surface area (Å²) in [6, 6.07) is 0.744. The third-order valence-electron chi connectivity index (χ3n) is 2.30. The highest BCUT2D eigenvalue weighted by atomic mass is 35.5. The molecule has 0 fully saturated rings. The SMILES string of the molecule is Oc1cnc(Cl)c(-c2c(F)c(F)c(F)c(F)c2F)c1. The van der Waals surface area contributed by atoms with Crippen molar-refractivity contribution in [1.82, 2.24) is 4.98 Å². The van der Waals surface area contributed by atoms with Gasteiger partial charge in [-0.15, -0.1) is 0 Å². The fraction of sp³-hybridized carbons (Fsp3) is 0. The lowest BCUT2D eigenvalue weighted by Crippen LogP contribution is -2.04. The Kier molecular flexibility index (Phi) is 3.32. The van der Waals surface area contributed by atoms with Crippen LogP contribution in [0.2, 0.25) is 5.15 Å². The van der Waals surface area contributed by atoms with E-state index in [-0.39, 0.29) is 0 Å². The van der Waals surface area contributed by atoms with Gasteiger partial charge in [0.25, 0.3) is 0 Å². The maximum absolute atomic E-state index is 13.5. The average molecular weight is 296 g/mol. The molecule has 0 atom stereocenters. The second-order valence-electron chi connectivity index (χ2n) is 3.48. The number of aromatic hydroxyl groups is 1. The predicted octanol–water partition coefficient (Wildman–Crippen LogP) is 3.80. The van der Waals surface area contributed by atoms with Crippen molar-refractivity contribution in [2.75, 3.05) is 0 Å². The normalized spacial score (nSPS) is 10.8. The number of hydrogen-bond donors (Lipinski definition) is 1. The fourth-order valence-corrected chi connectivity index (χ4v) is 1.65. The predicted molar refractivity (Wildman–Crippen MR) is 56.1 cm³/mol. The maximum Gasteiger partial charge on any atom is 0.200 e. The van der Waals surface area contributed by atoms with E-state index in [4.69, 9.17) is 16.7 Å². The first-order valence-electron chi connectivity index (χ1n) is 4.71. The van der Waals surface area contributed by atoms with Gasteiger partial charge in [-0.25, -0.2) is 26.9 Å². The highest BCUT2D eigenvalue weighted by Gasteiger charge is 2.28. The zero-order chi connectivity index (χ0) is 14.3. The molecule has 0 amide bonds. The Bertz CT molecular complexity index is 648. The van der Waals surface area contributed by atoms with Gasteiger partial charge < -0.3 is 5.11 Å². The van der Waals surface area contributed by atoms with Crippen LogP contribution in [0.3, 0.4) is 0 Å². The Hall–Kier alpha value is -1.89. The van der Waals surface area contributed by atoms with Crippen molar-refractivity contribution in [2.45, 2.75) is 0 Å². The van der Waals surface area contributed by atoms with E-state index in [1.165, 1.54) is 0 Å². The van der Waals surface area contributed by atoms with Gasteiger partial charge in [0.15, 0.2) is 23.3 Å². The summed E-state index contributed by atoms with van der Waals surface area (Å²) in [6.45, 7) is 0. The van der Waals surface area contributed by atoms with E-state index in [1.807, 2.05) is 0 Å². The molecule has 0 radical (unpaired) electrons. The summed E-state index contributed by atoms with van der Waals surface area (Å²) in [6.07, 6.45) is 0.859. The largest absolute Gasteiger partial charge is 0.506 e. The molecule has 0 aliphatic heterocycles. The van der Waals surface area contributed by atoms with Gasteiger partial charge in [-0.1, -0.05) is 11.6 Å². The van der Waals surface area contributed by atoms with Gasteiger partial charge in [0.2, 0.25) is 5.82 Å². The van der Waals surface area contributed by atoms with E-state index >= 15 is 0 Å². The molecule has 19 heavy (non-hydrogen) atoms.